The number of Topliss-reactive ketones (excluding diaryl/α,β-unsaturated/α-hetero) is 1. The van der Waals surface area contributed by atoms with Crippen LogP contribution < -0.4 is 0 Å². The van der Waals surface area contributed by atoms with Crippen molar-refractivity contribution < 1.29 is 47.1 Å². The lowest BCUT2D eigenvalue weighted by atomic mass is 9.70. The Labute approximate surface area is 384 Å². The van der Waals surface area contributed by atoms with E-state index in [-0.39, 0.29) is 114 Å². The highest BCUT2D eigenvalue weighted by Gasteiger charge is 2.69. The van der Waals surface area contributed by atoms with Crippen molar-refractivity contribution in [2.45, 2.75) is 234 Å². The number of carbonyl (C=O) groups excluding carboxylic acids is 1. The molecule has 10 aliphatic rings. The van der Waals surface area contributed by atoms with Gasteiger partial charge in [0.2, 0.25) is 0 Å². The second kappa shape index (κ2) is 17.6. The van der Waals surface area contributed by atoms with E-state index in [4.69, 9.17) is 42.3 Å². The van der Waals surface area contributed by atoms with Crippen LogP contribution in [0.5, 0.6) is 0 Å². The maximum Gasteiger partial charge on any atom is 0.191 e. The van der Waals surface area contributed by atoms with E-state index in [0.29, 0.717) is 44.1 Å². The van der Waals surface area contributed by atoms with Gasteiger partial charge in [-0.05, 0) is 104 Å². The van der Waals surface area contributed by atoms with Crippen LogP contribution in [0, 0.1) is 23.7 Å². The minimum atomic E-state index is -1.93. The predicted molar refractivity (Wildman–Crippen MR) is 246 cm³/mol. The smallest absolute Gasteiger partial charge is 0.191 e. The summed E-state index contributed by atoms with van der Waals surface area (Å²) in [5, 5.41) is 0.137. The molecular formula is C53H78O10Si. The van der Waals surface area contributed by atoms with Gasteiger partial charge < -0.3 is 42.3 Å². The van der Waals surface area contributed by atoms with Crippen LogP contribution in [-0.4, -0.2) is 112 Å². The van der Waals surface area contributed by atoms with Crippen molar-refractivity contribution in [2.75, 3.05) is 6.61 Å². The molecule has 0 radical (unpaired) electrons. The summed E-state index contributed by atoms with van der Waals surface area (Å²) in [4.78, 5) is 15.4. The zero-order valence-corrected chi connectivity index (χ0v) is 41.0. The third-order valence-electron chi connectivity index (χ3n) is 17.9. The fraction of sp³-hybridized carbons (Fsp3) is 0.792. The monoisotopic (exact) mass is 903 g/mol. The maximum absolute atomic E-state index is 15.4. The molecule has 10 heterocycles. The lowest BCUT2D eigenvalue weighted by Gasteiger charge is -2.47. The SMILES string of the molecule is C=C1C[C@@H]2CC[C@@]34CC5O[C@H]6[C@@H](O3)[C@H]3O[C@H](CC[C@@H]3O[C@H]6[C@H]5O4)CC(=O)C(c3ccccc3)[C@@H]3[C@@H](C)[C@@H](C[C@H](C)CO[Si](C)(C)C(C)(C)C)O[C@H]3CC3O[C@@H](CCC1O2)C[C@@H](C)C3=C. The van der Waals surface area contributed by atoms with Crippen LogP contribution in [-0.2, 0) is 47.1 Å². The fourth-order valence-electron chi connectivity index (χ4n) is 13.1. The first-order valence-electron chi connectivity index (χ1n) is 25.3. The summed E-state index contributed by atoms with van der Waals surface area (Å²) < 4.78 is 62.6. The Morgan fingerprint density at radius 1 is 0.766 bits per heavy atom. The summed E-state index contributed by atoms with van der Waals surface area (Å²) in [5.41, 5.74) is 3.34. The van der Waals surface area contributed by atoms with E-state index >= 15 is 4.79 Å². The molecule has 0 N–H and O–H groups in total. The van der Waals surface area contributed by atoms with Crippen LogP contribution in [0.2, 0.25) is 18.1 Å². The average molecular weight is 903 g/mol. The Balaban J connectivity index is 0.968. The molecule has 11 rings (SSSR count). The number of benzene rings is 1. The van der Waals surface area contributed by atoms with Crippen LogP contribution in [0.4, 0.5) is 0 Å². The number of ketones is 1. The second-order valence-electron chi connectivity index (χ2n) is 23.4. The van der Waals surface area contributed by atoms with E-state index in [1.807, 2.05) is 6.07 Å². The Hall–Kier alpha value is -1.77. The molecule has 10 aliphatic heterocycles. The molecule has 0 amide bonds. The second-order valence-corrected chi connectivity index (χ2v) is 28.2. The standard InChI is InChI=1S/C53H78O10Si/c1-29(28-55-64(9,10)52(6,7)8)22-41-33(5)45-43(59-41)26-42-32(4)30(2)23-35(57-42)16-18-39-31(3)24-37(56-39)20-21-53-27-44-48(62-53)49-50(61-44)51(63-53)47-40(60-49)19-17-36(58-47)25-38(54)46(45)34-14-12-11-13-15-34/h11-15,29-30,33,35-37,39-51H,3-4,16-28H2,1-2,5-10H3/t29-,30+,33-,35-,36+,37-,39?,40-,41+,42?,43-,44?,45+,46?,47-,48-,49-,50+,51-,53-/m0/s1. The maximum atomic E-state index is 15.4. The van der Waals surface area contributed by atoms with Crippen molar-refractivity contribution in [2.24, 2.45) is 23.7 Å². The number of hydrogen-bond donors (Lipinski definition) is 0. The van der Waals surface area contributed by atoms with Gasteiger partial charge in [0.1, 0.15) is 36.3 Å². The van der Waals surface area contributed by atoms with E-state index in [1.165, 1.54) is 5.57 Å². The van der Waals surface area contributed by atoms with Crippen molar-refractivity contribution in [1.29, 1.82) is 0 Å². The zero-order chi connectivity index (χ0) is 44.9. The van der Waals surface area contributed by atoms with Gasteiger partial charge in [0.25, 0.3) is 0 Å². The predicted octanol–water partition coefficient (Wildman–Crippen LogP) is 9.79. The molecule has 10 saturated heterocycles. The summed E-state index contributed by atoms with van der Waals surface area (Å²) in [6.07, 6.45) is 7.09. The number of ether oxygens (including phenoxy) is 8. The fourth-order valence-corrected chi connectivity index (χ4v) is 14.3. The number of fused-ring (bicyclic) bond motifs is 6. The van der Waals surface area contributed by atoms with Crippen molar-refractivity contribution >= 4 is 14.1 Å². The van der Waals surface area contributed by atoms with Crippen LogP contribution in [0.3, 0.4) is 0 Å². The molecule has 0 saturated carbocycles. The minimum absolute atomic E-state index is 0.00312. The third-order valence-corrected chi connectivity index (χ3v) is 22.4. The summed E-state index contributed by atoms with van der Waals surface area (Å²) in [6, 6.07) is 10.5. The molecule has 0 aromatic heterocycles. The van der Waals surface area contributed by atoms with E-state index in [0.717, 1.165) is 62.5 Å². The average Bonchev–Trinajstić information content (AvgIpc) is 3.92. The first-order valence-corrected chi connectivity index (χ1v) is 28.2. The van der Waals surface area contributed by atoms with Gasteiger partial charge in [-0.3, -0.25) is 4.79 Å². The van der Waals surface area contributed by atoms with E-state index in [9.17, 15) is 0 Å². The number of hydrogen-bond acceptors (Lipinski definition) is 10. The molecule has 354 valence electrons. The van der Waals surface area contributed by atoms with Crippen LogP contribution in [0.1, 0.15) is 130 Å². The Kier molecular flexibility index (Phi) is 12.7. The molecular weight excluding hydrogens is 825 g/mol. The molecule has 10 nitrogen and oxygen atoms in total. The first kappa shape index (κ1) is 46.0. The Bertz CT molecular complexity index is 1880. The molecule has 12 bridgehead atoms. The third kappa shape index (κ3) is 8.66. The van der Waals surface area contributed by atoms with Gasteiger partial charge in [-0.25, -0.2) is 0 Å². The highest BCUT2D eigenvalue weighted by Crippen LogP contribution is 2.55. The number of rotatable bonds is 6. The quantitative estimate of drug-likeness (QED) is 0.203. The van der Waals surface area contributed by atoms with E-state index in [2.05, 4.69) is 92.1 Å². The van der Waals surface area contributed by atoms with Gasteiger partial charge >= 0.3 is 0 Å². The van der Waals surface area contributed by atoms with Crippen molar-refractivity contribution in [3.63, 3.8) is 0 Å². The molecule has 1 aromatic rings. The summed E-state index contributed by atoms with van der Waals surface area (Å²) in [5.74, 6) is -0.316. The lowest BCUT2D eigenvalue weighted by molar-refractivity contribution is -0.292. The largest absolute Gasteiger partial charge is 0.417 e. The van der Waals surface area contributed by atoms with E-state index in [1.54, 1.807) is 0 Å². The van der Waals surface area contributed by atoms with Gasteiger partial charge in [-0.15, -0.1) is 0 Å². The van der Waals surface area contributed by atoms with Crippen LogP contribution >= 0.6 is 0 Å². The van der Waals surface area contributed by atoms with Gasteiger partial charge in [0, 0.05) is 44.1 Å². The Morgan fingerprint density at radius 2 is 1.47 bits per heavy atom. The molecule has 1 aromatic carbocycles. The van der Waals surface area contributed by atoms with Crippen LogP contribution in [0.25, 0.3) is 0 Å². The highest BCUT2D eigenvalue weighted by molar-refractivity contribution is 6.74. The molecule has 0 aliphatic carbocycles. The van der Waals surface area contributed by atoms with Crippen molar-refractivity contribution in [1.82, 2.24) is 0 Å². The molecule has 20 atom stereocenters. The van der Waals surface area contributed by atoms with Crippen molar-refractivity contribution in [3.05, 3.63) is 60.2 Å². The van der Waals surface area contributed by atoms with Gasteiger partial charge in [-0.2, -0.15) is 0 Å². The van der Waals surface area contributed by atoms with Gasteiger partial charge in [0.05, 0.1) is 54.9 Å². The van der Waals surface area contributed by atoms with Crippen LogP contribution in [0.15, 0.2) is 54.6 Å². The molecule has 10 fully saturated rings. The van der Waals surface area contributed by atoms with Crippen molar-refractivity contribution in [3.8, 4) is 0 Å². The molecule has 1 spiro atoms. The molecule has 11 heteroatoms. The topological polar surface area (TPSA) is 100 Å². The van der Waals surface area contributed by atoms with Gasteiger partial charge in [-0.1, -0.05) is 85.0 Å². The summed E-state index contributed by atoms with van der Waals surface area (Å²) in [7, 11) is -1.93. The highest BCUT2D eigenvalue weighted by atomic mass is 28.4. The summed E-state index contributed by atoms with van der Waals surface area (Å²) in [6.45, 7) is 28.3. The minimum Gasteiger partial charge on any atom is -0.417 e. The molecule has 64 heavy (non-hydrogen) atoms. The van der Waals surface area contributed by atoms with E-state index < -0.39 is 14.1 Å². The Morgan fingerprint density at radius 3 is 2.25 bits per heavy atom. The lowest BCUT2D eigenvalue weighted by Crippen LogP contribution is -2.61. The normalized spacial score (nSPS) is 46.5. The molecule has 4 unspecified atom stereocenters. The summed E-state index contributed by atoms with van der Waals surface area (Å²) >= 11 is 0. The zero-order valence-electron chi connectivity index (χ0n) is 40.0. The first-order chi connectivity index (χ1) is 30.5. The number of carbonyl (C=O) groups is 1. The van der Waals surface area contributed by atoms with Gasteiger partial charge in [0.15, 0.2) is 14.1 Å².